The smallest absolute Gasteiger partial charge is 0.230 e. The van der Waals surface area contributed by atoms with Crippen molar-refractivity contribution in [1.29, 1.82) is 0 Å². The maximum atomic E-state index is 15.0. The standard InChI is InChI=1S/C24H32FN3O3/c25-20-14-17(26-22(30)16-2-3-16)4-9-21(20)27-12-1-10-24(15-27)11-13-28(23(24)31)18-5-7-19(29)8-6-18/h4,9,14,16,18-19,29H,1-3,5-8,10-13,15H2,(H,26,30)/t18-,19-,24?. The van der Waals surface area contributed by atoms with E-state index < -0.39 is 5.41 Å². The number of nitrogens with one attached hydrogen (secondary N) is 1. The van der Waals surface area contributed by atoms with Crippen molar-refractivity contribution in [2.24, 2.45) is 11.3 Å². The van der Waals surface area contributed by atoms with Gasteiger partial charge in [0.1, 0.15) is 5.82 Å². The molecule has 2 heterocycles. The maximum absolute atomic E-state index is 15.0. The third-order valence-corrected chi connectivity index (χ3v) is 7.73. The molecule has 31 heavy (non-hydrogen) atoms. The molecule has 2 aliphatic heterocycles. The highest BCUT2D eigenvalue weighted by molar-refractivity contribution is 5.94. The zero-order chi connectivity index (χ0) is 21.6. The van der Waals surface area contributed by atoms with Gasteiger partial charge >= 0.3 is 0 Å². The Morgan fingerprint density at radius 1 is 1.10 bits per heavy atom. The van der Waals surface area contributed by atoms with Crippen LogP contribution < -0.4 is 10.2 Å². The van der Waals surface area contributed by atoms with Crippen LogP contribution >= 0.6 is 0 Å². The third-order valence-electron chi connectivity index (χ3n) is 7.73. The number of rotatable bonds is 4. The number of hydrogen-bond donors (Lipinski definition) is 2. The highest BCUT2D eigenvalue weighted by Crippen LogP contribution is 2.44. The molecule has 1 spiro atoms. The first-order chi connectivity index (χ1) is 14.9. The Morgan fingerprint density at radius 3 is 2.58 bits per heavy atom. The van der Waals surface area contributed by atoms with Crippen LogP contribution in [-0.4, -0.2) is 53.6 Å². The van der Waals surface area contributed by atoms with Crippen molar-refractivity contribution >= 4 is 23.2 Å². The molecule has 0 radical (unpaired) electrons. The molecule has 1 aromatic rings. The Morgan fingerprint density at radius 2 is 1.87 bits per heavy atom. The van der Waals surface area contributed by atoms with Crippen molar-refractivity contribution in [2.45, 2.75) is 69.9 Å². The Hall–Kier alpha value is -2.15. The molecule has 5 rings (SSSR count). The van der Waals surface area contributed by atoms with E-state index in [2.05, 4.69) is 5.32 Å². The number of likely N-dealkylation sites (tertiary alicyclic amines) is 1. The van der Waals surface area contributed by atoms with E-state index in [1.165, 1.54) is 6.07 Å². The topological polar surface area (TPSA) is 72.9 Å². The van der Waals surface area contributed by atoms with E-state index in [-0.39, 0.29) is 35.7 Å². The number of nitrogens with zero attached hydrogens (tertiary/aromatic N) is 2. The average Bonchev–Trinajstić information content (AvgIpc) is 3.56. The fourth-order valence-corrected chi connectivity index (χ4v) is 5.71. The largest absolute Gasteiger partial charge is 0.393 e. The van der Waals surface area contributed by atoms with Gasteiger partial charge in [0.05, 0.1) is 17.2 Å². The van der Waals surface area contributed by atoms with Crippen LogP contribution in [-0.2, 0) is 9.59 Å². The summed E-state index contributed by atoms with van der Waals surface area (Å²) in [5.74, 6) is -0.0917. The van der Waals surface area contributed by atoms with E-state index in [0.717, 1.165) is 70.9 Å². The summed E-state index contributed by atoms with van der Waals surface area (Å²) >= 11 is 0. The molecule has 6 nitrogen and oxygen atoms in total. The van der Waals surface area contributed by atoms with Crippen molar-refractivity contribution < 1.29 is 19.1 Å². The molecule has 168 valence electrons. The van der Waals surface area contributed by atoms with Crippen LogP contribution in [0.2, 0.25) is 0 Å². The lowest BCUT2D eigenvalue weighted by atomic mass is 9.78. The highest BCUT2D eigenvalue weighted by Gasteiger charge is 2.50. The number of benzene rings is 1. The number of carbonyl (C=O) groups excluding carboxylic acids is 2. The van der Waals surface area contributed by atoms with Crippen molar-refractivity contribution in [2.75, 3.05) is 29.9 Å². The van der Waals surface area contributed by atoms with Gasteiger partial charge in [0.25, 0.3) is 0 Å². The zero-order valence-corrected chi connectivity index (χ0v) is 18.0. The van der Waals surface area contributed by atoms with E-state index >= 15 is 0 Å². The first-order valence-corrected chi connectivity index (χ1v) is 11.8. The summed E-state index contributed by atoms with van der Waals surface area (Å²) in [6.07, 6.45) is 7.40. The summed E-state index contributed by atoms with van der Waals surface area (Å²) in [5, 5.41) is 12.6. The third kappa shape index (κ3) is 4.04. The van der Waals surface area contributed by atoms with Gasteiger partial charge in [-0.1, -0.05) is 0 Å². The molecule has 0 aromatic heterocycles. The van der Waals surface area contributed by atoms with Gasteiger partial charge in [0.15, 0.2) is 0 Å². The molecule has 1 aromatic carbocycles. The minimum Gasteiger partial charge on any atom is -0.393 e. The normalized spacial score (nSPS) is 31.4. The fourth-order valence-electron chi connectivity index (χ4n) is 5.71. The quantitative estimate of drug-likeness (QED) is 0.770. The number of hydrogen-bond acceptors (Lipinski definition) is 4. The second-order valence-corrected chi connectivity index (χ2v) is 9.95. The van der Waals surface area contributed by atoms with Gasteiger partial charge in [-0.25, -0.2) is 4.39 Å². The predicted molar refractivity (Wildman–Crippen MR) is 116 cm³/mol. The SMILES string of the molecule is O=C(Nc1ccc(N2CCCC3(CCN([C@H]4CC[C@H](O)CC4)C3=O)C2)c(F)c1)C1CC1. The first-order valence-electron chi connectivity index (χ1n) is 11.8. The molecule has 2 saturated heterocycles. The van der Waals surface area contributed by atoms with E-state index in [9.17, 15) is 19.1 Å². The van der Waals surface area contributed by atoms with Crippen LogP contribution in [0.5, 0.6) is 0 Å². The number of anilines is 2. The van der Waals surface area contributed by atoms with Crippen LogP contribution in [0.4, 0.5) is 15.8 Å². The summed E-state index contributed by atoms with van der Waals surface area (Å²) in [6, 6.07) is 5.12. The Kier molecular flexibility index (Phi) is 5.40. The number of aliphatic hydroxyl groups excluding tert-OH is 1. The molecule has 2 aliphatic carbocycles. The zero-order valence-electron chi connectivity index (χ0n) is 18.0. The Labute approximate surface area is 182 Å². The van der Waals surface area contributed by atoms with Gasteiger partial charge in [0, 0.05) is 37.3 Å². The van der Waals surface area contributed by atoms with Gasteiger partial charge < -0.3 is 20.2 Å². The molecular weight excluding hydrogens is 397 g/mol. The molecule has 2 amide bonds. The second-order valence-electron chi connectivity index (χ2n) is 9.95. The molecule has 4 fully saturated rings. The van der Waals surface area contributed by atoms with Crippen LogP contribution in [0.3, 0.4) is 0 Å². The monoisotopic (exact) mass is 429 g/mol. The van der Waals surface area contributed by atoms with Gasteiger partial charge in [0.2, 0.25) is 11.8 Å². The lowest BCUT2D eigenvalue weighted by molar-refractivity contribution is -0.139. The molecule has 0 bridgehead atoms. The van der Waals surface area contributed by atoms with Crippen LogP contribution in [0.1, 0.15) is 57.8 Å². The number of halogens is 1. The predicted octanol–water partition coefficient (Wildman–Crippen LogP) is 3.30. The molecule has 1 atom stereocenters. The summed E-state index contributed by atoms with van der Waals surface area (Å²) in [7, 11) is 0. The van der Waals surface area contributed by atoms with E-state index in [1.807, 2.05) is 9.80 Å². The summed E-state index contributed by atoms with van der Waals surface area (Å²) in [5.41, 5.74) is 0.572. The van der Waals surface area contributed by atoms with Crippen molar-refractivity contribution in [3.05, 3.63) is 24.0 Å². The molecule has 2 saturated carbocycles. The summed E-state index contributed by atoms with van der Waals surface area (Å²) in [6.45, 7) is 2.04. The maximum Gasteiger partial charge on any atom is 0.230 e. The molecule has 1 unspecified atom stereocenters. The van der Waals surface area contributed by atoms with Gasteiger partial charge in [-0.2, -0.15) is 0 Å². The number of amides is 2. The van der Waals surface area contributed by atoms with Gasteiger partial charge in [-0.05, 0) is 76.0 Å². The van der Waals surface area contributed by atoms with E-state index in [0.29, 0.717) is 17.9 Å². The fraction of sp³-hybridized carbons (Fsp3) is 0.667. The van der Waals surface area contributed by atoms with Crippen LogP contribution in [0, 0.1) is 17.2 Å². The number of carbonyl (C=O) groups is 2. The second kappa shape index (κ2) is 8.08. The molecular formula is C24H32FN3O3. The van der Waals surface area contributed by atoms with Crippen molar-refractivity contribution in [1.82, 2.24) is 4.90 Å². The van der Waals surface area contributed by atoms with Gasteiger partial charge in [-0.15, -0.1) is 0 Å². The first kappa shape index (κ1) is 20.7. The molecule has 7 heteroatoms. The van der Waals surface area contributed by atoms with Crippen molar-refractivity contribution in [3.63, 3.8) is 0 Å². The van der Waals surface area contributed by atoms with Crippen molar-refractivity contribution in [3.8, 4) is 0 Å². The Bertz CT molecular complexity index is 866. The van der Waals surface area contributed by atoms with Crippen LogP contribution in [0.15, 0.2) is 18.2 Å². The number of aliphatic hydroxyl groups is 1. The summed E-state index contributed by atoms with van der Waals surface area (Å²) in [4.78, 5) is 29.5. The number of piperidine rings is 1. The average molecular weight is 430 g/mol. The Balaban J connectivity index is 1.28. The lowest BCUT2D eigenvalue weighted by Gasteiger charge is -2.41. The summed E-state index contributed by atoms with van der Waals surface area (Å²) < 4.78 is 15.0. The van der Waals surface area contributed by atoms with Gasteiger partial charge in [-0.3, -0.25) is 9.59 Å². The van der Waals surface area contributed by atoms with Crippen LogP contribution in [0.25, 0.3) is 0 Å². The minimum absolute atomic E-state index is 0.0315. The highest BCUT2D eigenvalue weighted by atomic mass is 19.1. The van der Waals surface area contributed by atoms with E-state index in [1.54, 1.807) is 12.1 Å². The molecule has 4 aliphatic rings. The molecule has 2 N–H and O–H groups in total. The minimum atomic E-state index is -0.431. The van der Waals surface area contributed by atoms with E-state index in [4.69, 9.17) is 0 Å². The lowest BCUT2D eigenvalue weighted by Crippen LogP contribution is -2.50.